The summed E-state index contributed by atoms with van der Waals surface area (Å²) in [6.45, 7) is 6.48. The Morgan fingerprint density at radius 3 is 2.64 bits per heavy atom. The molecule has 0 heterocycles. The number of hydrogen-bond donors (Lipinski definition) is 0. The lowest BCUT2D eigenvalue weighted by Gasteiger charge is -2.28. The van der Waals surface area contributed by atoms with Gasteiger partial charge >= 0.3 is 0 Å². The van der Waals surface area contributed by atoms with Crippen LogP contribution in [0, 0.1) is 11.3 Å². The Hall–Kier alpha value is -0.590. The summed E-state index contributed by atoms with van der Waals surface area (Å²) in [7, 11) is 0. The first-order chi connectivity index (χ1) is 5.08. The summed E-state index contributed by atoms with van der Waals surface area (Å²) in [5.74, 6) is 0.560. The summed E-state index contributed by atoms with van der Waals surface area (Å²) in [6, 6.07) is 0. The van der Waals surface area contributed by atoms with Gasteiger partial charge in [0.2, 0.25) is 0 Å². The average Bonchev–Trinajstić information content (AvgIpc) is 2.36. The largest absolute Gasteiger partial charge is 0.295 e. The molecule has 1 nitrogen and oxygen atoms in total. The second-order valence-electron chi connectivity index (χ2n) is 3.94. The van der Waals surface area contributed by atoms with E-state index in [-0.39, 0.29) is 11.3 Å². The van der Waals surface area contributed by atoms with Gasteiger partial charge in [-0.1, -0.05) is 33.3 Å². The molecule has 0 N–H and O–H groups in total. The molecule has 0 aliphatic heterocycles. The summed E-state index contributed by atoms with van der Waals surface area (Å²) >= 11 is 0. The van der Waals surface area contributed by atoms with Gasteiger partial charge in [0.05, 0.1) is 0 Å². The summed E-state index contributed by atoms with van der Waals surface area (Å²) in [6.07, 6.45) is 5.73. The first-order valence-electron chi connectivity index (χ1n) is 4.28. The lowest BCUT2D eigenvalue weighted by atomic mass is 9.75. The summed E-state index contributed by atoms with van der Waals surface area (Å²) in [4.78, 5) is 11.3. The monoisotopic (exact) mass is 152 g/mol. The lowest BCUT2D eigenvalue weighted by molar-refractivity contribution is -0.120. The molecule has 0 aromatic rings. The standard InChI is InChI=1S/C10H16O/c1-4-10(2,3)8-6-5-7-9(8)11/h5,7-8H,4,6H2,1-3H3. The minimum Gasteiger partial charge on any atom is -0.295 e. The Kier molecular flexibility index (Phi) is 2.17. The van der Waals surface area contributed by atoms with Gasteiger partial charge in [0.25, 0.3) is 0 Å². The highest BCUT2D eigenvalue weighted by atomic mass is 16.1. The van der Waals surface area contributed by atoms with Crippen LogP contribution in [-0.2, 0) is 4.79 Å². The van der Waals surface area contributed by atoms with Crippen molar-refractivity contribution in [1.29, 1.82) is 0 Å². The van der Waals surface area contributed by atoms with Crippen molar-refractivity contribution in [2.24, 2.45) is 11.3 Å². The van der Waals surface area contributed by atoms with E-state index in [4.69, 9.17) is 0 Å². The van der Waals surface area contributed by atoms with E-state index < -0.39 is 0 Å². The van der Waals surface area contributed by atoms with Crippen LogP contribution >= 0.6 is 0 Å². The normalized spacial score (nSPS) is 24.6. The second kappa shape index (κ2) is 2.80. The maximum Gasteiger partial charge on any atom is 0.159 e. The highest BCUT2D eigenvalue weighted by molar-refractivity contribution is 5.94. The van der Waals surface area contributed by atoms with E-state index >= 15 is 0 Å². The van der Waals surface area contributed by atoms with Crippen molar-refractivity contribution in [2.45, 2.75) is 33.6 Å². The summed E-state index contributed by atoms with van der Waals surface area (Å²) < 4.78 is 0. The van der Waals surface area contributed by atoms with Crippen molar-refractivity contribution in [1.82, 2.24) is 0 Å². The third-order valence-corrected chi connectivity index (χ3v) is 2.85. The molecule has 11 heavy (non-hydrogen) atoms. The Bertz CT molecular complexity index is 189. The molecule has 0 bridgehead atoms. The van der Waals surface area contributed by atoms with Crippen LogP contribution in [0.25, 0.3) is 0 Å². The predicted octanol–water partition coefficient (Wildman–Crippen LogP) is 2.57. The molecule has 0 aromatic carbocycles. The van der Waals surface area contributed by atoms with Gasteiger partial charge in [0, 0.05) is 5.92 Å². The smallest absolute Gasteiger partial charge is 0.159 e. The number of ketones is 1. The van der Waals surface area contributed by atoms with Gasteiger partial charge in [-0.05, 0) is 17.9 Å². The molecule has 1 heteroatoms. The van der Waals surface area contributed by atoms with Crippen LogP contribution in [0.5, 0.6) is 0 Å². The highest BCUT2D eigenvalue weighted by Gasteiger charge is 2.33. The third kappa shape index (κ3) is 1.52. The molecule has 62 valence electrons. The van der Waals surface area contributed by atoms with Crippen LogP contribution in [0.3, 0.4) is 0 Å². The zero-order chi connectivity index (χ0) is 8.48. The predicted molar refractivity (Wildman–Crippen MR) is 46.3 cm³/mol. The van der Waals surface area contributed by atoms with Gasteiger partial charge in [-0.3, -0.25) is 4.79 Å². The number of hydrogen-bond acceptors (Lipinski definition) is 1. The molecule has 0 saturated carbocycles. The van der Waals surface area contributed by atoms with Crippen LogP contribution in [0.1, 0.15) is 33.6 Å². The first kappa shape index (κ1) is 8.51. The number of rotatable bonds is 2. The van der Waals surface area contributed by atoms with E-state index in [9.17, 15) is 4.79 Å². The van der Waals surface area contributed by atoms with Gasteiger partial charge < -0.3 is 0 Å². The molecule has 0 fully saturated rings. The molecule has 1 aliphatic carbocycles. The fraction of sp³-hybridized carbons (Fsp3) is 0.700. The van der Waals surface area contributed by atoms with Gasteiger partial charge in [0.15, 0.2) is 5.78 Å². The SMILES string of the molecule is CCC(C)(C)C1CC=CC1=O. The molecular formula is C10H16O. The van der Waals surface area contributed by atoms with Crippen LogP contribution in [0.2, 0.25) is 0 Å². The Balaban J connectivity index is 2.69. The molecule has 0 radical (unpaired) electrons. The van der Waals surface area contributed by atoms with Gasteiger partial charge in [-0.25, -0.2) is 0 Å². The zero-order valence-corrected chi connectivity index (χ0v) is 7.55. The third-order valence-electron chi connectivity index (χ3n) is 2.85. The first-order valence-corrected chi connectivity index (χ1v) is 4.28. The summed E-state index contributed by atoms with van der Waals surface area (Å²) in [5.41, 5.74) is 0.181. The van der Waals surface area contributed by atoms with Crippen molar-refractivity contribution in [3.05, 3.63) is 12.2 Å². The highest BCUT2D eigenvalue weighted by Crippen LogP contribution is 2.36. The Morgan fingerprint density at radius 1 is 1.64 bits per heavy atom. The molecular weight excluding hydrogens is 136 g/mol. The van der Waals surface area contributed by atoms with Crippen LogP contribution in [0.4, 0.5) is 0 Å². The van der Waals surface area contributed by atoms with E-state index in [0.717, 1.165) is 12.8 Å². The number of carbonyl (C=O) groups excluding carboxylic acids is 1. The molecule has 1 aliphatic rings. The van der Waals surface area contributed by atoms with Crippen molar-refractivity contribution in [3.63, 3.8) is 0 Å². The van der Waals surface area contributed by atoms with Crippen molar-refractivity contribution in [3.8, 4) is 0 Å². The van der Waals surface area contributed by atoms with Gasteiger partial charge in [-0.2, -0.15) is 0 Å². The topological polar surface area (TPSA) is 17.1 Å². The van der Waals surface area contributed by atoms with E-state index in [1.807, 2.05) is 6.08 Å². The van der Waals surface area contributed by atoms with E-state index in [2.05, 4.69) is 20.8 Å². The van der Waals surface area contributed by atoms with E-state index in [0.29, 0.717) is 5.78 Å². The maximum absolute atomic E-state index is 11.3. The molecule has 0 amide bonds. The molecule has 1 rings (SSSR count). The van der Waals surface area contributed by atoms with Crippen molar-refractivity contribution >= 4 is 5.78 Å². The Morgan fingerprint density at radius 2 is 2.27 bits per heavy atom. The lowest BCUT2D eigenvalue weighted by Crippen LogP contribution is -2.26. The van der Waals surface area contributed by atoms with Crippen LogP contribution < -0.4 is 0 Å². The maximum atomic E-state index is 11.3. The quantitative estimate of drug-likeness (QED) is 0.594. The molecule has 1 atom stereocenters. The van der Waals surface area contributed by atoms with Crippen LogP contribution in [0.15, 0.2) is 12.2 Å². The number of carbonyl (C=O) groups is 1. The fourth-order valence-corrected chi connectivity index (χ4v) is 1.50. The van der Waals surface area contributed by atoms with Crippen LogP contribution in [-0.4, -0.2) is 5.78 Å². The average molecular weight is 152 g/mol. The second-order valence-corrected chi connectivity index (χ2v) is 3.94. The van der Waals surface area contributed by atoms with Gasteiger partial charge in [-0.15, -0.1) is 0 Å². The van der Waals surface area contributed by atoms with E-state index in [1.54, 1.807) is 6.08 Å². The Labute approximate surface area is 68.5 Å². The van der Waals surface area contributed by atoms with Crippen molar-refractivity contribution in [2.75, 3.05) is 0 Å². The summed E-state index contributed by atoms with van der Waals surface area (Å²) in [5, 5.41) is 0. The molecule has 1 unspecified atom stereocenters. The van der Waals surface area contributed by atoms with E-state index in [1.165, 1.54) is 0 Å². The molecule has 0 saturated heterocycles. The fourth-order valence-electron chi connectivity index (χ4n) is 1.50. The number of allylic oxidation sites excluding steroid dienone is 2. The molecule has 0 spiro atoms. The van der Waals surface area contributed by atoms with Gasteiger partial charge in [0.1, 0.15) is 0 Å². The minimum absolute atomic E-state index is 0.181. The zero-order valence-electron chi connectivity index (χ0n) is 7.55. The minimum atomic E-state index is 0.181. The molecule has 0 aromatic heterocycles. The van der Waals surface area contributed by atoms with Crippen molar-refractivity contribution < 1.29 is 4.79 Å².